The van der Waals surface area contributed by atoms with Crippen LogP contribution < -0.4 is 0 Å². The average Bonchev–Trinajstić information content (AvgIpc) is 3.34. The summed E-state index contributed by atoms with van der Waals surface area (Å²) in [4.78, 5) is 4.17. The molecule has 2 heterocycles. The Morgan fingerprint density at radius 2 is 1.59 bits per heavy atom. The third-order valence-corrected chi connectivity index (χ3v) is 9.84. The fraction of sp³-hybridized carbons (Fsp3) is 0.870. The maximum absolute atomic E-state index is 4.17. The first kappa shape index (κ1) is 23.2. The molecule has 1 aliphatic heterocycles. The summed E-state index contributed by atoms with van der Waals surface area (Å²) < 4.78 is 2.73. The van der Waals surface area contributed by atoms with E-state index in [4.69, 9.17) is 0 Å². The number of nitrogens with zero attached hydrogens (tertiary/aromatic N) is 2. The van der Waals surface area contributed by atoms with Crippen molar-refractivity contribution in [2.24, 2.45) is 0 Å². The molecule has 2 rings (SSSR count). The number of unbranched alkanes of at least 4 members (excludes halogenated alkanes) is 9. The van der Waals surface area contributed by atoms with Crippen molar-refractivity contribution in [2.45, 2.75) is 120 Å². The lowest BCUT2D eigenvalue weighted by molar-refractivity contribution is 0.517. The molecule has 0 amide bonds. The standard InChI is InChI=1S/C23H42N2S2/c1-3-5-6-7-8-9-10-11-12-13-15-23(26-20-22(4-2)27-23)16-14-18-25-19-17-24-21-25/h17,19,21-22H,3-16,18,20H2,1-2H3. The van der Waals surface area contributed by atoms with Crippen molar-refractivity contribution < 1.29 is 0 Å². The predicted molar refractivity (Wildman–Crippen MR) is 125 cm³/mol. The molecular weight excluding hydrogens is 368 g/mol. The van der Waals surface area contributed by atoms with Gasteiger partial charge in [0.25, 0.3) is 0 Å². The van der Waals surface area contributed by atoms with E-state index in [0.29, 0.717) is 4.08 Å². The number of hydrogen-bond acceptors (Lipinski definition) is 3. The number of hydrogen-bond donors (Lipinski definition) is 0. The van der Waals surface area contributed by atoms with Gasteiger partial charge in [0.1, 0.15) is 0 Å². The average molecular weight is 411 g/mol. The van der Waals surface area contributed by atoms with E-state index in [9.17, 15) is 0 Å². The SMILES string of the molecule is CCCCCCCCCCCCC1(CCCn2ccnc2)SCC(CC)S1. The molecule has 0 bridgehead atoms. The summed E-state index contributed by atoms with van der Waals surface area (Å²) in [6.07, 6.45) is 25.7. The van der Waals surface area contributed by atoms with Crippen molar-refractivity contribution in [3.05, 3.63) is 18.7 Å². The minimum atomic E-state index is 0.501. The van der Waals surface area contributed by atoms with Crippen LogP contribution in [0.5, 0.6) is 0 Å². The first-order chi connectivity index (χ1) is 13.3. The van der Waals surface area contributed by atoms with E-state index in [1.165, 1.54) is 95.6 Å². The lowest BCUT2D eigenvalue weighted by Crippen LogP contribution is -2.18. The van der Waals surface area contributed by atoms with Crippen molar-refractivity contribution in [1.82, 2.24) is 9.55 Å². The third kappa shape index (κ3) is 9.30. The van der Waals surface area contributed by atoms with E-state index < -0.39 is 0 Å². The maximum Gasteiger partial charge on any atom is 0.0945 e. The van der Waals surface area contributed by atoms with Crippen LogP contribution in [0.25, 0.3) is 0 Å². The Morgan fingerprint density at radius 1 is 0.926 bits per heavy atom. The Balaban J connectivity index is 1.59. The zero-order valence-electron chi connectivity index (χ0n) is 17.8. The van der Waals surface area contributed by atoms with Gasteiger partial charge in [0.15, 0.2) is 0 Å². The molecule has 2 nitrogen and oxygen atoms in total. The smallest absolute Gasteiger partial charge is 0.0945 e. The highest BCUT2D eigenvalue weighted by Gasteiger charge is 2.38. The van der Waals surface area contributed by atoms with Crippen LogP contribution in [0, 0.1) is 0 Å². The molecule has 0 aromatic carbocycles. The molecular formula is C23H42N2S2. The minimum Gasteiger partial charge on any atom is -0.337 e. The van der Waals surface area contributed by atoms with Crippen LogP contribution in [0.1, 0.15) is 104 Å². The lowest BCUT2D eigenvalue weighted by atomic mass is 10.0. The number of aryl methyl sites for hydroxylation is 1. The van der Waals surface area contributed by atoms with E-state index in [-0.39, 0.29) is 0 Å². The van der Waals surface area contributed by atoms with Gasteiger partial charge in [0.2, 0.25) is 0 Å². The summed E-state index contributed by atoms with van der Waals surface area (Å²) in [5, 5.41) is 0.881. The first-order valence-electron chi connectivity index (χ1n) is 11.6. The molecule has 0 N–H and O–H groups in total. The Labute approximate surface area is 177 Å². The van der Waals surface area contributed by atoms with Gasteiger partial charge < -0.3 is 4.57 Å². The fourth-order valence-electron chi connectivity index (χ4n) is 4.04. The van der Waals surface area contributed by atoms with Crippen molar-refractivity contribution in [3.63, 3.8) is 0 Å². The van der Waals surface area contributed by atoms with Crippen molar-refractivity contribution >= 4 is 23.5 Å². The van der Waals surface area contributed by atoms with E-state index >= 15 is 0 Å². The molecule has 4 heteroatoms. The molecule has 0 saturated carbocycles. The maximum atomic E-state index is 4.17. The summed E-state index contributed by atoms with van der Waals surface area (Å²) in [5.41, 5.74) is 0. The molecule has 1 saturated heterocycles. The van der Waals surface area contributed by atoms with Crippen molar-refractivity contribution in [1.29, 1.82) is 0 Å². The van der Waals surface area contributed by atoms with Crippen LogP contribution in [-0.2, 0) is 6.54 Å². The minimum absolute atomic E-state index is 0.501. The summed E-state index contributed by atoms with van der Waals surface area (Å²) in [6, 6.07) is 0. The molecule has 0 spiro atoms. The molecule has 1 aromatic heterocycles. The van der Waals surface area contributed by atoms with Crippen molar-refractivity contribution in [3.8, 4) is 0 Å². The van der Waals surface area contributed by atoms with Gasteiger partial charge in [-0.2, -0.15) is 0 Å². The number of rotatable bonds is 16. The number of thioether (sulfide) groups is 2. The molecule has 2 unspecified atom stereocenters. The Bertz CT molecular complexity index is 463. The van der Waals surface area contributed by atoms with Crippen LogP contribution >= 0.6 is 23.5 Å². The fourth-order valence-corrected chi connectivity index (χ4v) is 8.00. The number of aromatic nitrogens is 2. The van der Waals surface area contributed by atoms with Crippen molar-refractivity contribution in [2.75, 3.05) is 5.75 Å². The van der Waals surface area contributed by atoms with Gasteiger partial charge in [0.05, 0.1) is 10.4 Å². The third-order valence-electron chi connectivity index (χ3n) is 5.81. The van der Waals surface area contributed by atoms with Gasteiger partial charge in [-0.15, -0.1) is 23.5 Å². The van der Waals surface area contributed by atoms with Gasteiger partial charge >= 0.3 is 0 Å². The highest BCUT2D eigenvalue weighted by Crippen LogP contribution is 2.54. The molecule has 0 aliphatic carbocycles. The molecule has 156 valence electrons. The first-order valence-corrected chi connectivity index (χ1v) is 13.4. The zero-order valence-corrected chi connectivity index (χ0v) is 19.5. The highest BCUT2D eigenvalue weighted by atomic mass is 32.2. The highest BCUT2D eigenvalue weighted by molar-refractivity contribution is 8.21. The largest absolute Gasteiger partial charge is 0.337 e. The topological polar surface area (TPSA) is 17.8 Å². The van der Waals surface area contributed by atoms with Crippen LogP contribution in [-0.4, -0.2) is 24.6 Å². The van der Waals surface area contributed by atoms with E-state index in [1.54, 1.807) is 0 Å². The Kier molecular flexibility index (Phi) is 12.0. The van der Waals surface area contributed by atoms with Gasteiger partial charge in [-0.3, -0.25) is 0 Å². The summed E-state index contributed by atoms with van der Waals surface area (Å²) >= 11 is 4.59. The van der Waals surface area contributed by atoms with Crippen LogP contribution in [0.2, 0.25) is 0 Å². The van der Waals surface area contributed by atoms with Gasteiger partial charge in [-0.05, 0) is 25.7 Å². The molecule has 1 aromatic rings. The molecule has 0 radical (unpaired) electrons. The molecule has 1 fully saturated rings. The van der Waals surface area contributed by atoms with E-state index in [2.05, 4.69) is 53.1 Å². The van der Waals surface area contributed by atoms with Crippen LogP contribution in [0.3, 0.4) is 0 Å². The quantitative estimate of drug-likeness (QED) is 0.258. The Morgan fingerprint density at radius 3 is 2.19 bits per heavy atom. The summed E-state index contributed by atoms with van der Waals surface area (Å²) in [7, 11) is 0. The van der Waals surface area contributed by atoms with Gasteiger partial charge in [-0.25, -0.2) is 4.98 Å². The second-order valence-electron chi connectivity index (χ2n) is 8.21. The lowest BCUT2D eigenvalue weighted by Gasteiger charge is -2.28. The molecule has 27 heavy (non-hydrogen) atoms. The summed E-state index contributed by atoms with van der Waals surface area (Å²) in [6.45, 7) is 5.78. The second kappa shape index (κ2) is 14.0. The summed E-state index contributed by atoms with van der Waals surface area (Å²) in [5.74, 6) is 1.37. The van der Waals surface area contributed by atoms with Gasteiger partial charge in [0, 0.05) is 29.9 Å². The van der Waals surface area contributed by atoms with Gasteiger partial charge in [-0.1, -0.05) is 78.1 Å². The Hall–Kier alpha value is -0.0900. The zero-order chi connectivity index (χ0) is 19.2. The molecule has 1 aliphatic rings. The monoisotopic (exact) mass is 410 g/mol. The normalized spacial score (nSPS) is 22.5. The molecule has 2 atom stereocenters. The van der Waals surface area contributed by atoms with Crippen LogP contribution in [0.15, 0.2) is 18.7 Å². The van der Waals surface area contributed by atoms with E-state index in [0.717, 1.165) is 11.8 Å². The van der Waals surface area contributed by atoms with Crippen LogP contribution in [0.4, 0.5) is 0 Å². The number of imidazole rings is 1. The van der Waals surface area contributed by atoms with E-state index in [1.807, 2.05) is 12.5 Å². The predicted octanol–water partition coefficient (Wildman–Crippen LogP) is 7.93. The second-order valence-corrected chi connectivity index (χ2v) is 11.6.